The van der Waals surface area contributed by atoms with Crippen molar-refractivity contribution in [2.75, 3.05) is 14.2 Å². The molecule has 0 radical (unpaired) electrons. The molecule has 28 heavy (non-hydrogen) atoms. The van der Waals surface area contributed by atoms with E-state index in [0.29, 0.717) is 22.8 Å². The van der Waals surface area contributed by atoms with Gasteiger partial charge in [-0.25, -0.2) is 0 Å². The quantitative estimate of drug-likeness (QED) is 0.359. The van der Waals surface area contributed by atoms with Gasteiger partial charge in [0.15, 0.2) is 16.3 Å². The molecule has 2 aromatic carbocycles. The number of methoxy groups -OCH3 is 2. The highest BCUT2D eigenvalue weighted by molar-refractivity contribution is 7.16. The normalized spacial score (nSPS) is 11.4. The van der Waals surface area contributed by atoms with Gasteiger partial charge in [0.05, 0.1) is 29.4 Å². The lowest BCUT2D eigenvalue weighted by atomic mass is 10.2. The topological polar surface area (TPSA) is 96.0 Å². The predicted octanol–water partition coefficient (Wildman–Crippen LogP) is 3.56. The number of rotatable bonds is 6. The number of nitrogens with zero attached hydrogens (tertiary/aromatic N) is 3. The van der Waals surface area contributed by atoms with Gasteiger partial charge in [-0.1, -0.05) is 29.5 Å². The molecule has 0 fully saturated rings. The highest BCUT2D eigenvalue weighted by atomic mass is 32.1. The average molecular weight is 399 g/mol. The third kappa shape index (κ3) is 3.52. The molecule has 8 nitrogen and oxygen atoms in total. The molecule has 3 rings (SSSR count). The number of nitro groups is 1. The maximum absolute atomic E-state index is 12.7. The van der Waals surface area contributed by atoms with E-state index >= 15 is 0 Å². The number of nitro benzene ring substituents is 1. The lowest BCUT2D eigenvalue weighted by Crippen LogP contribution is -2.16. The van der Waals surface area contributed by atoms with Crippen LogP contribution in [-0.2, 0) is 6.54 Å². The van der Waals surface area contributed by atoms with Crippen LogP contribution in [0.25, 0.3) is 10.2 Å². The zero-order valence-electron chi connectivity index (χ0n) is 15.2. The van der Waals surface area contributed by atoms with Gasteiger partial charge in [-0.3, -0.25) is 14.9 Å². The molecule has 9 heteroatoms. The molecule has 1 heterocycles. The lowest BCUT2D eigenvalue weighted by molar-refractivity contribution is -0.385. The lowest BCUT2D eigenvalue weighted by Gasteiger charge is -2.08. The first kappa shape index (κ1) is 19.3. The Labute approximate surface area is 164 Å². The number of benzene rings is 2. The minimum Gasteiger partial charge on any atom is -0.493 e. The molecular formula is C19H17N3O5S. The van der Waals surface area contributed by atoms with Crippen molar-refractivity contribution in [1.82, 2.24) is 4.57 Å². The van der Waals surface area contributed by atoms with Crippen molar-refractivity contribution in [2.45, 2.75) is 6.54 Å². The second-order valence-electron chi connectivity index (χ2n) is 5.65. The standard InChI is InChI=1S/C19H17N3O5S/c1-4-9-21-14-10-15(26-2)16(27-3)11-17(14)28-19(21)20-18(23)12-7-5-6-8-13(12)22(24)25/h4-8,10-11H,1,9H2,2-3H3. The maximum atomic E-state index is 12.7. The number of hydrogen-bond acceptors (Lipinski definition) is 6. The van der Waals surface area contributed by atoms with Crippen molar-refractivity contribution < 1.29 is 19.2 Å². The number of allylic oxidation sites excluding steroid dienone is 1. The van der Waals surface area contributed by atoms with Gasteiger partial charge in [-0.2, -0.15) is 4.99 Å². The molecule has 0 aliphatic rings. The summed E-state index contributed by atoms with van der Waals surface area (Å²) >= 11 is 1.27. The smallest absolute Gasteiger partial charge is 0.286 e. The molecule has 1 aromatic heterocycles. The van der Waals surface area contributed by atoms with Gasteiger partial charge in [-0.15, -0.1) is 6.58 Å². The number of hydrogen-bond donors (Lipinski definition) is 0. The molecule has 0 spiro atoms. The third-order valence-electron chi connectivity index (χ3n) is 4.03. The van der Waals surface area contributed by atoms with Crippen molar-refractivity contribution in [1.29, 1.82) is 0 Å². The van der Waals surface area contributed by atoms with E-state index in [0.717, 1.165) is 10.2 Å². The van der Waals surface area contributed by atoms with Gasteiger partial charge in [0.2, 0.25) is 0 Å². The van der Waals surface area contributed by atoms with Crippen LogP contribution in [0, 0.1) is 10.1 Å². The van der Waals surface area contributed by atoms with Crippen LogP contribution in [0.15, 0.2) is 54.0 Å². The van der Waals surface area contributed by atoms with Crippen LogP contribution in [0.1, 0.15) is 10.4 Å². The molecule has 0 saturated heterocycles. The first-order valence-electron chi connectivity index (χ1n) is 8.19. The van der Waals surface area contributed by atoms with Crippen molar-refractivity contribution in [3.8, 4) is 11.5 Å². The summed E-state index contributed by atoms with van der Waals surface area (Å²) in [5.74, 6) is 0.413. The Balaban J connectivity index is 2.22. The van der Waals surface area contributed by atoms with Gasteiger partial charge in [0.25, 0.3) is 11.6 Å². The Kier molecular flexibility index (Phi) is 5.55. The van der Waals surface area contributed by atoms with Crippen LogP contribution < -0.4 is 14.3 Å². The SMILES string of the molecule is C=CCn1c(=NC(=O)c2ccccc2[N+](=O)[O-])sc2cc(OC)c(OC)cc21. The summed E-state index contributed by atoms with van der Waals surface area (Å²) in [6.45, 7) is 4.15. The highest BCUT2D eigenvalue weighted by Crippen LogP contribution is 2.33. The van der Waals surface area contributed by atoms with Crippen molar-refractivity contribution in [2.24, 2.45) is 4.99 Å². The summed E-state index contributed by atoms with van der Waals surface area (Å²) in [5, 5.41) is 11.2. The van der Waals surface area contributed by atoms with Crippen LogP contribution in [0.5, 0.6) is 11.5 Å². The molecule has 0 aliphatic heterocycles. The van der Waals surface area contributed by atoms with Crippen molar-refractivity contribution >= 4 is 33.1 Å². The molecule has 0 unspecified atom stereocenters. The summed E-state index contributed by atoms with van der Waals surface area (Å²) in [5.41, 5.74) is 0.443. The monoisotopic (exact) mass is 399 g/mol. The predicted molar refractivity (Wildman–Crippen MR) is 106 cm³/mol. The first-order chi connectivity index (χ1) is 13.5. The van der Waals surface area contributed by atoms with E-state index < -0.39 is 10.8 Å². The number of carbonyl (C=O) groups is 1. The van der Waals surface area contributed by atoms with Crippen molar-refractivity contribution in [3.05, 3.63) is 69.5 Å². The van der Waals surface area contributed by atoms with E-state index in [1.54, 1.807) is 36.0 Å². The minimum absolute atomic E-state index is 0.0646. The van der Waals surface area contributed by atoms with Gasteiger partial charge < -0.3 is 14.0 Å². The molecule has 0 N–H and O–H groups in total. The van der Waals surface area contributed by atoms with Crippen molar-refractivity contribution in [3.63, 3.8) is 0 Å². The molecular weight excluding hydrogens is 382 g/mol. The molecule has 0 atom stereocenters. The Morgan fingerprint density at radius 3 is 2.61 bits per heavy atom. The summed E-state index contributed by atoms with van der Waals surface area (Å²) < 4.78 is 13.3. The number of amides is 1. The van der Waals surface area contributed by atoms with Gasteiger partial charge >= 0.3 is 0 Å². The number of ether oxygens (including phenoxy) is 2. The Bertz CT molecular complexity index is 1150. The van der Waals surface area contributed by atoms with Crippen LogP contribution in [0.3, 0.4) is 0 Å². The summed E-state index contributed by atoms with van der Waals surface area (Å²) in [6.07, 6.45) is 1.68. The molecule has 0 saturated carbocycles. The minimum atomic E-state index is -0.685. The molecule has 0 aliphatic carbocycles. The van der Waals surface area contributed by atoms with E-state index in [-0.39, 0.29) is 11.3 Å². The molecule has 0 bridgehead atoms. The van der Waals surface area contributed by atoms with Crippen LogP contribution in [-0.4, -0.2) is 29.6 Å². The van der Waals surface area contributed by atoms with Gasteiger partial charge in [0.1, 0.15) is 5.56 Å². The number of aromatic nitrogens is 1. The number of fused-ring (bicyclic) bond motifs is 1. The second-order valence-corrected chi connectivity index (χ2v) is 6.66. The van der Waals surface area contributed by atoms with E-state index in [2.05, 4.69) is 11.6 Å². The Morgan fingerprint density at radius 1 is 1.29 bits per heavy atom. The summed E-state index contributed by atoms with van der Waals surface area (Å²) in [7, 11) is 3.08. The zero-order chi connectivity index (χ0) is 20.3. The van der Waals surface area contributed by atoms with Gasteiger partial charge in [0, 0.05) is 24.7 Å². The van der Waals surface area contributed by atoms with E-state index in [9.17, 15) is 14.9 Å². The molecule has 3 aromatic rings. The van der Waals surface area contributed by atoms with Crippen LogP contribution >= 0.6 is 11.3 Å². The number of para-hydroxylation sites is 1. The van der Waals surface area contributed by atoms with Crippen LogP contribution in [0.4, 0.5) is 5.69 Å². The largest absolute Gasteiger partial charge is 0.493 e. The van der Waals surface area contributed by atoms with E-state index in [1.165, 1.54) is 36.6 Å². The first-order valence-corrected chi connectivity index (χ1v) is 9.00. The summed E-state index contributed by atoms with van der Waals surface area (Å²) in [6, 6.07) is 9.33. The molecule has 1 amide bonds. The Morgan fingerprint density at radius 2 is 1.96 bits per heavy atom. The number of carbonyl (C=O) groups excluding carboxylic acids is 1. The Hall–Kier alpha value is -3.46. The maximum Gasteiger partial charge on any atom is 0.286 e. The fraction of sp³-hybridized carbons (Fsp3) is 0.158. The second kappa shape index (κ2) is 8.05. The fourth-order valence-corrected chi connectivity index (χ4v) is 3.80. The highest BCUT2D eigenvalue weighted by Gasteiger charge is 2.19. The van der Waals surface area contributed by atoms with Gasteiger partial charge in [-0.05, 0) is 6.07 Å². The fourth-order valence-electron chi connectivity index (χ4n) is 2.75. The summed E-state index contributed by atoms with van der Waals surface area (Å²) in [4.78, 5) is 27.8. The zero-order valence-corrected chi connectivity index (χ0v) is 16.1. The average Bonchev–Trinajstić information content (AvgIpc) is 3.03. The van der Waals surface area contributed by atoms with E-state index in [4.69, 9.17) is 9.47 Å². The number of thiazole rings is 1. The third-order valence-corrected chi connectivity index (χ3v) is 5.07. The van der Waals surface area contributed by atoms with E-state index in [1.807, 2.05) is 0 Å². The molecule has 144 valence electrons. The van der Waals surface area contributed by atoms with Crippen LogP contribution in [0.2, 0.25) is 0 Å².